The zero-order valence-electron chi connectivity index (χ0n) is 18.5. The molecule has 0 fully saturated rings. The first-order valence-corrected chi connectivity index (χ1v) is 11.3. The number of hydrogen-bond donors (Lipinski definition) is 2. The van der Waals surface area contributed by atoms with Gasteiger partial charge in [-0.25, -0.2) is 4.98 Å². The molecular formula is C27H25ClN2O3. The molecule has 0 saturated carbocycles. The number of amides is 1. The average molecular weight is 461 g/mol. The summed E-state index contributed by atoms with van der Waals surface area (Å²) in [4.78, 5) is 18.1. The first-order valence-electron chi connectivity index (χ1n) is 10.9. The SMILES string of the molecule is CCCC(C(=O)Nc1oc(-c2ccccc2)nc1-c1cccc(Cl)c1)c1ccc(C)cc1O. The first kappa shape index (κ1) is 22.6. The molecule has 1 atom stereocenters. The highest BCUT2D eigenvalue weighted by atomic mass is 35.5. The van der Waals surface area contributed by atoms with E-state index in [0.29, 0.717) is 28.6 Å². The normalized spacial score (nSPS) is 11.8. The van der Waals surface area contributed by atoms with E-state index in [9.17, 15) is 9.90 Å². The van der Waals surface area contributed by atoms with Gasteiger partial charge in [-0.2, -0.15) is 0 Å². The molecule has 1 aromatic heterocycles. The molecule has 33 heavy (non-hydrogen) atoms. The summed E-state index contributed by atoms with van der Waals surface area (Å²) in [7, 11) is 0. The highest BCUT2D eigenvalue weighted by molar-refractivity contribution is 6.30. The number of oxazole rings is 1. The van der Waals surface area contributed by atoms with Crippen LogP contribution >= 0.6 is 11.6 Å². The fourth-order valence-electron chi connectivity index (χ4n) is 3.80. The van der Waals surface area contributed by atoms with Crippen molar-refractivity contribution in [2.45, 2.75) is 32.6 Å². The van der Waals surface area contributed by atoms with Crippen molar-refractivity contribution in [3.63, 3.8) is 0 Å². The number of aromatic hydroxyl groups is 1. The third kappa shape index (κ3) is 5.10. The lowest BCUT2D eigenvalue weighted by Crippen LogP contribution is -2.21. The van der Waals surface area contributed by atoms with Crippen molar-refractivity contribution in [3.8, 4) is 28.5 Å². The number of rotatable bonds is 7. The second-order valence-electron chi connectivity index (χ2n) is 7.97. The Morgan fingerprint density at radius 3 is 2.52 bits per heavy atom. The highest BCUT2D eigenvalue weighted by Gasteiger charge is 2.26. The smallest absolute Gasteiger partial charge is 0.234 e. The van der Waals surface area contributed by atoms with Crippen LogP contribution < -0.4 is 5.32 Å². The molecule has 168 valence electrons. The average Bonchev–Trinajstić information content (AvgIpc) is 3.22. The Hall–Kier alpha value is -3.57. The number of aromatic nitrogens is 1. The van der Waals surface area contributed by atoms with Gasteiger partial charge in [-0.05, 0) is 49.2 Å². The molecular weight excluding hydrogens is 436 g/mol. The Balaban J connectivity index is 1.73. The molecule has 4 rings (SSSR count). The van der Waals surface area contributed by atoms with Crippen LogP contribution in [0.1, 0.15) is 36.8 Å². The predicted octanol–water partition coefficient (Wildman–Crippen LogP) is 7.20. The minimum atomic E-state index is -0.534. The lowest BCUT2D eigenvalue weighted by atomic mass is 9.92. The van der Waals surface area contributed by atoms with Gasteiger partial charge in [0.15, 0.2) is 0 Å². The number of phenols is 1. The number of hydrogen-bond acceptors (Lipinski definition) is 4. The van der Waals surface area contributed by atoms with Crippen LogP contribution in [0.25, 0.3) is 22.7 Å². The van der Waals surface area contributed by atoms with Gasteiger partial charge >= 0.3 is 0 Å². The molecule has 1 heterocycles. The van der Waals surface area contributed by atoms with Crippen LogP contribution in [-0.2, 0) is 4.79 Å². The molecule has 0 spiro atoms. The van der Waals surface area contributed by atoms with Crippen LogP contribution in [0.5, 0.6) is 5.75 Å². The molecule has 0 aliphatic carbocycles. The molecule has 3 aromatic carbocycles. The van der Waals surface area contributed by atoms with Crippen molar-refractivity contribution < 1.29 is 14.3 Å². The van der Waals surface area contributed by atoms with E-state index in [-0.39, 0.29) is 17.5 Å². The number of benzene rings is 3. The van der Waals surface area contributed by atoms with Crippen molar-refractivity contribution in [2.24, 2.45) is 0 Å². The van der Waals surface area contributed by atoms with E-state index < -0.39 is 5.92 Å². The van der Waals surface area contributed by atoms with E-state index in [1.54, 1.807) is 24.3 Å². The summed E-state index contributed by atoms with van der Waals surface area (Å²) in [5.74, 6) is -0.0516. The summed E-state index contributed by atoms with van der Waals surface area (Å²) >= 11 is 6.21. The quantitative estimate of drug-likeness (QED) is 0.306. The van der Waals surface area contributed by atoms with E-state index in [2.05, 4.69) is 10.3 Å². The van der Waals surface area contributed by atoms with E-state index in [0.717, 1.165) is 23.1 Å². The standard InChI is InChI=1S/C27H25ClN2O3/c1-3-8-22(21-14-13-17(2)15-23(21)31)25(32)30-27-24(19-11-7-12-20(28)16-19)29-26(33-27)18-9-5-4-6-10-18/h4-7,9-16,22,31H,3,8H2,1-2H3,(H,30,32). The molecule has 0 bridgehead atoms. The van der Waals surface area contributed by atoms with Crippen molar-refractivity contribution in [1.82, 2.24) is 4.98 Å². The predicted molar refractivity (Wildman–Crippen MR) is 132 cm³/mol. The number of halogens is 1. The second kappa shape index (κ2) is 9.92. The third-order valence-corrected chi connectivity index (χ3v) is 5.67. The van der Waals surface area contributed by atoms with Gasteiger partial charge in [0.05, 0.1) is 5.92 Å². The molecule has 0 aliphatic rings. The van der Waals surface area contributed by atoms with Gasteiger partial charge in [0.25, 0.3) is 0 Å². The Morgan fingerprint density at radius 2 is 1.82 bits per heavy atom. The van der Waals surface area contributed by atoms with E-state index in [1.807, 2.05) is 62.4 Å². The summed E-state index contributed by atoms with van der Waals surface area (Å²) in [5.41, 5.74) is 3.54. The van der Waals surface area contributed by atoms with E-state index in [4.69, 9.17) is 16.0 Å². The number of aryl methyl sites for hydroxylation is 1. The van der Waals surface area contributed by atoms with E-state index >= 15 is 0 Å². The van der Waals surface area contributed by atoms with Gasteiger partial charge < -0.3 is 9.52 Å². The Labute approximate surface area is 198 Å². The van der Waals surface area contributed by atoms with Crippen LogP contribution in [0.3, 0.4) is 0 Å². The van der Waals surface area contributed by atoms with Crippen molar-refractivity contribution in [1.29, 1.82) is 0 Å². The molecule has 0 radical (unpaired) electrons. The maximum absolute atomic E-state index is 13.4. The Bertz CT molecular complexity index is 1270. The number of carbonyl (C=O) groups is 1. The minimum Gasteiger partial charge on any atom is -0.508 e. The fraction of sp³-hybridized carbons (Fsp3) is 0.185. The summed E-state index contributed by atoms with van der Waals surface area (Å²) in [6.45, 7) is 3.90. The number of carbonyl (C=O) groups excluding carboxylic acids is 1. The zero-order chi connectivity index (χ0) is 23.4. The first-order chi connectivity index (χ1) is 16.0. The lowest BCUT2D eigenvalue weighted by Gasteiger charge is -2.17. The summed E-state index contributed by atoms with van der Waals surface area (Å²) in [6.07, 6.45) is 1.35. The highest BCUT2D eigenvalue weighted by Crippen LogP contribution is 2.36. The lowest BCUT2D eigenvalue weighted by molar-refractivity contribution is -0.117. The maximum Gasteiger partial charge on any atom is 0.234 e. The van der Waals surface area contributed by atoms with Crippen LogP contribution in [0.4, 0.5) is 5.88 Å². The fourth-order valence-corrected chi connectivity index (χ4v) is 3.99. The van der Waals surface area contributed by atoms with E-state index in [1.165, 1.54) is 0 Å². The molecule has 6 heteroatoms. The largest absolute Gasteiger partial charge is 0.508 e. The van der Waals surface area contributed by atoms with Gasteiger partial charge in [0.1, 0.15) is 11.4 Å². The molecule has 0 saturated heterocycles. The number of phenolic OH excluding ortho intramolecular Hbond substituents is 1. The molecule has 4 aromatic rings. The Morgan fingerprint density at radius 1 is 1.06 bits per heavy atom. The molecule has 5 nitrogen and oxygen atoms in total. The molecule has 1 unspecified atom stereocenters. The number of nitrogens with zero attached hydrogens (tertiary/aromatic N) is 1. The molecule has 0 aliphatic heterocycles. The second-order valence-corrected chi connectivity index (χ2v) is 8.40. The van der Waals surface area contributed by atoms with Gasteiger partial charge in [-0.3, -0.25) is 10.1 Å². The molecule has 1 amide bonds. The van der Waals surface area contributed by atoms with Gasteiger partial charge in [-0.15, -0.1) is 0 Å². The minimum absolute atomic E-state index is 0.112. The van der Waals surface area contributed by atoms with Gasteiger partial charge in [-0.1, -0.05) is 67.4 Å². The summed E-state index contributed by atoms with van der Waals surface area (Å²) in [6, 6.07) is 22.1. The van der Waals surface area contributed by atoms with Gasteiger partial charge in [0, 0.05) is 21.7 Å². The van der Waals surface area contributed by atoms with Crippen molar-refractivity contribution >= 4 is 23.4 Å². The Kier molecular flexibility index (Phi) is 6.80. The van der Waals surface area contributed by atoms with Crippen molar-refractivity contribution in [2.75, 3.05) is 5.32 Å². The van der Waals surface area contributed by atoms with Gasteiger partial charge in [0.2, 0.25) is 17.7 Å². The van der Waals surface area contributed by atoms with Crippen LogP contribution in [0.2, 0.25) is 5.02 Å². The third-order valence-electron chi connectivity index (χ3n) is 5.44. The number of anilines is 1. The number of nitrogens with one attached hydrogen (secondary N) is 1. The zero-order valence-corrected chi connectivity index (χ0v) is 19.3. The van der Waals surface area contributed by atoms with Crippen LogP contribution in [0, 0.1) is 6.92 Å². The monoisotopic (exact) mass is 460 g/mol. The van der Waals surface area contributed by atoms with Crippen LogP contribution in [0.15, 0.2) is 77.2 Å². The molecule has 2 N–H and O–H groups in total. The summed E-state index contributed by atoms with van der Waals surface area (Å²) in [5, 5.41) is 14.0. The van der Waals surface area contributed by atoms with Crippen molar-refractivity contribution in [3.05, 3.63) is 88.9 Å². The van der Waals surface area contributed by atoms with Crippen LogP contribution in [-0.4, -0.2) is 16.0 Å². The topological polar surface area (TPSA) is 75.4 Å². The maximum atomic E-state index is 13.4. The summed E-state index contributed by atoms with van der Waals surface area (Å²) < 4.78 is 6.03.